The van der Waals surface area contributed by atoms with Gasteiger partial charge in [0.1, 0.15) is 17.7 Å². The highest BCUT2D eigenvalue weighted by Gasteiger charge is 2.37. The molecule has 0 saturated heterocycles. The molecule has 0 fully saturated rings. The highest BCUT2D eigenvalue weighted by atomic mass is 16.5. The third-order valence-electron chi connectivity index (χ3n) is 3.81. The van der Waals surface area contributed by atoms with E-state index in [1.165, 1.54) is 30.9 Å². The van der Waals surface area contributed by atoms with Gasteiger partial charge in [0.2, 0.25) is 0 Å². The van der Waals surface area contributed by atoms with Gasteiger partial charge in [0, 0.05) is 12.2 Å². The van der Waals surface area contributed by atoms with Gasteiger partial charge in [0.25, 0.3) is 0 Å². The summed E-state index contributed by atoms with van der Waals surface area (Å²) in [5.41, 5.74) is 1.20. The molecule has 1 aliphatic heterocycles. The van der Waals surface area contributed by atoms with Gasteiger partial charge in [-0.2, -0.15) is 0 Å². The maximum Gasteiger partial charge on any atom is 0.526 e. The molecule has 1 atom stereocenters. The molecule has 0 bridgehead atoms. The van der Waals surface area contributed by atoms with Gasteiger partial charge in [-0.25, -0.2) is 9.78 Å². The topological polar surface area (TPSA) is 110 Å². The van der Waals surface area contributed by atoms with Crippen molar-refractivity contribution in [2.75, 3.05) is 0 Å². The second kappa shape index (κ2) is 6.71. The normalized spacial score (nSPS) is 16.7. The van der Waals surface area contributed by atoms with E-state index in [1.54, 1.807) is 12.1 Å². The Hall–Kier alpha value is -2.87. The number of benzene rings is 1. The van der Waals surface area contributed by atoms with Crippen LogP contribution >= 0.6 is 0 Å². The van der Waals surface area contributed by atoms with Crippen LogP contribution in [-0.4, -0.2) is 34.0 Å². The third kappa shape index (κ3) is 3.38. The summed E-state index contributed by atoms with van der Waals surface area (Å²) in [7, 11) is -1.23. The Bertz CT molecular complexity index is 786. The number of carbonyl (C=O) groups is 2. The van der Waals surface area contributed by atoms with E-state index in [1.807, 2.05) is 0 Å². The molecular weight excluding hydrogens is 313 g/mol. The molecule has 2 heterocycles. The lowest BCUT2D eigenvalue weighted by molar-refractivity contribution is -0.114. The van der Waals surface area contributed by atoms with E-state index in [9.17, 15) is 14.6 Å². The number of oxazole rings is 1. The Morgan fingerprint density at radius 2 is 2.25 bits per heavy atom. The van der Waals surface area contributed by atoms with Crippen molar-refractivity contribution in [2.24, 2.45) is 0 Å². The number of carboxylic acids is 1. The molecule has 0 spiro atoms. The first-order valence-electron chi connectivity index (χ1n) is 7.33. The number of allylic oxidation sites excluding steroid dienone is 1. The van der Waals surface area contributed by atoms with Gasteiger partial charge in [0.05, 0.1) is 5.56 Å². The number of aromatic nitrogens is 1. The monoisotopic (exact) mass is 327 g/mol. The zero-order valence-electron chi connectivity index (χ0n) is 12.6. The molecule has 1 aromatic carbocycles. The molecule has 0 unspecified atom stereocenters. The quantitative estimate of drug-likeness (QED) is 0.637. The van der Waals surface area contributed by atoms with Crippen molar-refractivity contribution in [1.82, 2.24) is 4.98 Å². The van der Waals surface area contributed by atoms with Crippen molar-refractivity contribution in [3.8, 4) is 5.75 Å². The summed E-state index contributed by atoms with van der Waals surface area (Å²) in [4.78, 5) is 27.1. The standard InChI is InChI=1S/C16H14BNO6/c19-13(5-4-12-8-23-9-18-12)7-11-6-10-2-1-3-14(16(20)21)15(10)24-17(11)22/h1-5,8-9,11,22H,6-7H2,(H,20,21)/b5-4+/t11-/m1/s1. The summed E-state index contributed by atoms with van der Waals surface area (Å²) in [5.74, 6) is -1.59. The van der Waals surface area contributed by atoms with E-state index < -0.39 is 18.9 Å². The minimum atomic E-state index is -1.23. The van der Waals surface area contributed by atoms with Crippen LogP contribution in [0.1, 0.15) is 28.0 Å². The lowest BCUT2D eigenvalue weighted by Crippen LogP contribution is -2.35. The zero-order valence-corrected chi connectivity index (χ0v) is 12.6. The number of rotatable bonds is 5. The molecule has 3 rings (SSSR count). The predicted molar refractivity (Wildman–Crippen MR) is 84.6 cm³/mol. The first kappa shape index (κ1) is 16.0. The second-order valence-electron chi connectivity index (χ2n) is 5.49. The highest BCUT2D eigenvalue weighted by molar-refractivity contribution is 6.47. The van der Waals surface area contributed by atoms with E-state index in [4.69, 9.17) is 14.2 Å². The van der Waals surface area contributed by atoms with Crippen LogP contribution in [0, 0.1) is 0 Å². The maximum absolute atomic E-state index is 12.0. The summed E-state index contributed by atoms with van der Waals surface area (Å²) in [5, 5.41) is 19.3. The van der Waals surface area contributed by atoms with E-state index in [0.717, 1.165) is 0 Å². The van der Waals surface area contributed by atoms with E-state index in [2.05, 4.69) is 4.98 Å². The molecule has 0 saturated carbocycles. The van der Waals surface area contributed by atoms with Crippen LogP contribution in [-0.2, 0) is 11.2 Å². The van der Waals surface area contributed by atoms with Crippen molar-refractivity contribution >= 4 is 24.9 Å². The summed E-state index contributed by atoms with van der Waals surface area (Å²) in [6.07, 6.45) is 6.01. The van der Waals surface area contributed by atoms with Crippen molar-refractivity contribution < 1.29 is 28.8 Å². The van der Waals surface area contributed by atoms with Gasteiger partial charge in [-0.1, -0.05) is 12.1 Å². The summed E-state index contributed by atoms with van der Waals surface area (Å²) >= 11 is 0. The fraction of sp³-hybridized carbons (Fsp3) is 0.188. The van der Waals surface area contributed by atoms with Crippen LogP contribution in [0.25, 0.3) is 6.08 Å². The first-order chi connectivity index (χ1) is 11.5. The fourth-order valence-corrected chi connectivity index (χ4v) is 2.64. The molecular formula is C16H14BNO6. The lowest BCUT2D eigenvalue weighted by Gasteiger charge is -2.27. The number of nitrogens with zero attached hydrogens (tertiary/aromatic N) is 1. The summed E-state index contributed by atoms with van der Waals surface area (Å²) in [6.45, 7) is 0. The van der Waals surface area contributed by atoms with Gasteiger partial charge in [-0.05, 0) is 30.2 Å². The minimum Gasteiger partial charge on any atom is -0.535 e. The number of hydrogen-bond donors (Lipinski definition) is 2. The van der Waals surface area contributed by atoms with Gasteiger partial charge in [-0.3, -0.25) is 4.79 Å². The lowest BCUT2D eigenvalue weighted by atomic mass is 9.64. The summed E-state index contributed by atoms with van der Waals surface area (Å²) in [6, 6.07) is 4.77. The fourth-order valence-electron chi connectivity index (χ4n) is 2.64. The number of ketones is 1. The van der Waals surface area contributed by atoms with Crippen molar-refractivity contribution in [2.45, 2.75) is 18.7 Å². The Kier molecular flexibility index (Phi) is 4.48. The van der Waals surface area contributed by atoms with Crippen LogP contribution in [0.3, 0.4) is 0 Å². The van der Waals surface area contributed by atoms with Gasteiger partial charge >= 0.3 is 13.1 Å². The molecule has 122 valence electrons. The van der Waals surface area contributed by atoms with Crippen molar-refractivity contribution in [3.63, 3.8) is 0 Å². The molecule has 2 aromatic rings. The first-order valence-corrected chi connectivity index (χ1v) is 7.33. The van der Waals surface area contributed by atoms with Crippen LogP contribution in [0.4, 0.5) is 0 Å². The Balaban J connectivity index is 1.71. The number of fused-ring (bicyclic) bond motifs is 1. The Labute approximate surface area is 137 Å². The van der Waals surface area contributed by atoms with Gasteiger partial charge < -0.3 is 19.2 Å². The van der Waals surface area contributed by atoms with Gasteiger partial charge in [-0.15, -0.1) is 0 Å². The molecule has 8 heteroatoms. The molecule has 7 nitrogen and oxygen atoms in total. The molecule has 1 aliphatic rings. The molecule has 1 aromatic heterocycles. The smallest absolute Gasteiger partial charge is 0.526 e. The Morgan fingerprint density at radius 3 is 2.96 bits per heavy atom. The van der Waals surface area contributed by atoms with Crippen LogP contribution in [0.2, 0.25) is 5.82 Å². The average Bonchev–Trinajstić information content (AvgIpc) is 3.06. The average molecular weight is 327 g/mol. The predicted octanol–water partition coefficient (Wildman–Crippen LogP) is 1.83. The number of carbonyl (C=O) groups excluding carboxylic acids is 1. The van der Waals surface area contributed by atoms with Crippen LogP contribution in [0.5, 0.6) is 5.75 Å². The summed E-state index contributed by atoms with van der Waals surface area (Å²) < 4.78 is 10.2. The Morgan fingerprint density at radius 1 is 1.42 bits per heavy atom. The maximum atomic E-state index is 12.0. The molecule has 24 heavy (non-hydrogen) atoms. The number of hydrogen-bond acceptors (Lipinski definition) is 6. The number of para-hydroxylation sites is 1. The van der Waals surface area contributed by atoms with Crippen molar-refractivity contribution in [3.05, 3.63) is 53.8 Å². The van der Waals surface area contributed by atoms with Crippen molar-refractivity contribution in [1.29, 1.82) is 0 Å². The number of carboxylic acid groups (broad SMARTS) is 1. The van der Waals surface area contributed by atoms with Crippen LogP contribution < -0.4 is 4.65 Å². The minimum absolute atomic E-state index is 0.00209. The van der Waals surface area contributed by atoms with E-state index >= 15 is 0 Å². The molecule has 0 amide bonds. The molecule has 0 aliphatic carbocycles. The van der Waals surface area contributed by atoms with Crippen LogP contribution in [0.15, 0.2) is 41.3 Å². The second-order valence-corrected chi connectivity index (χ2v) is 5.49. The zero-order chi connectivity index (χ0) is 17.1. The largest absolute Gasteiger partial charge is 0.535 e. The molecule has 2 N–H and O–H groups in total. The van der Waals surface area contributed by atoms with Gasteiger partial charge in [0.15, 0.2) is 12.2 Å². The third-order valence-corrected chi connectivity index (χ3v) is 3.81. The molecule has 0 radical (unpaired) electrons. The number of aromatic carboxylic acids is 1. The SMILES string of the molecule is O=C(/C=C/c1cocn1)C[C@H]1Cc2cccc(C(=O)O)c2OB1O. The highest BCUT2D eigenvalue weighted by Crippen LogP contribution is 2.36. The van der Waals surface area contributed by atoms with E-state index in [0.29, 0.717) is 17.7 Å². The van der Waals surface area contributed by atoms with E-state index in [-0.39, 0.29) is 23.5 Å².